The van der Waals surface area contributed by atoms with E-state index >= 15 is 0 Å². The molecule has 0 amide bonds. The van der Waals surface area contributed by atoms with Gasteiger partial charge in [0.1, 0.15) is 0 Å². The molecular formula is C39H75NO3S. The third-order valence-corrected chi connectivity index (χ3v) is 9.82. The summed E-state index contributed by atoms with van der Waals surface area (Å²) in [6.45, 7) is 15.3. The van der Waals surface area contributed by atoms with Crippen LogP contribution in [-0.4, -0.2) is 43.6 Å². The number of nitrogens with zero attached hydrogens (tertiary/aromatic N) is 1. The van der Waals surface area contributed by atoms with E-state index < -0.39 is 15.9 Å². The third-order valence-electron chi connectivity index (χ3n) is 9.13. The molecular weight excluding hydrogens is 563 g/mol. The molecule has 0 spiro atoms. The van der Waals surface area contributed by atoms with Crippen molar-refractivity contribution in [2.24, 2.45) is 0 Å². The number of rotatable bonds is 30. The Balaban J connectivity index is 0.00000139. The summed E-state index contributed by atoms with van der Waals surface area (Å²) in [7, 11) is -4.13. The molecule has 0 saturated carbocycles. The highest BCUT2D eigenvalue weighted by molar-refractivity contribution is 7.84. The van der Waals surface area contributed by atoms with Crippen molar-refractivity contribution in [2.75, 3.05) is 26.2 Å². The van der Waals surface area contributed by atoms with Crippen LogP contribution in [0, 0.1) is 0 Å². The van der Waals surface area contributed by atoms with Crippen LogP contribution >= 0.6 is 0 Å². The van der Waals surface area contributed by atoms with Crippen molar-refractivity contribution in [1.82, 2.24) is 0 Å². The van der Waals surface area contributed by atoms with E-state index in [4.69, 9.17) is 0 Å². The van der Waals surface area contributed by atoms with Crippen LogP contribution in [0.3, 0.4) is 0 Å². The predicted octanol–water partition coefficient (Wildman–Crippen LogP) is 12.0. The molecule has 0 aliphatic rings. The van der Waals surface area contributed by atoms with Gasteiger partial charge in [-0.05, 0) is 56.9 Å². The van der Waals surface area contributed by atoms with E-state index in [1.165, 1.54) is 185 Å². The van der Waals surface area contributed by atoms with Crippen molar-refractivity contribution in [1.29, 1.82) is 0 Å². The highest BCUT2D eigenvalue weighted by Crippen LogP contribution is 2.21. The van der Waals surface area contributed by atoms with E-state index in [1.807, 2.05) is 0 Å². The number of hydrogen-bond donors (Lipinski definition) is 0. The second-order valence-electron chi connectivity index (χ2n) is 13.5. The molecule has 0 aromatic heterocycles. The number of benzene rings is 1. The summed E-state index contributed by atoms with van der Waals surface area (Å²) in [5.41, 5.74) is 0.530. The van der Waals surface area contributed by atoms with Gasteiger partial charge in [-0.1, -0.05) is 161 Å². The smallest absolute Gasteiger partial charge is 0.0988 e. The number of quaternary nitrogens is 1. The molecule has 0 unspecified atom stereocenters. The fourth-order valence-corrected chi connectivity index (χ4v) is 6.96. The van der Waals surface area contributed by atoms with Crippen molar-refractivity contribution in [3.05, 3.63) is 35.9 Å². The van der Waals surface area contributed by atoms with Crippen LogP contribution in [0.5, 0.6) is 0 Å². The lowest BCUT2D eigenvalue weighted by atomic mass is 10.0. The first-order valence-corrected chi connectivity index (χ1v) is 20.7. The van der Waals surface area contributed by atoms with Crippen molar-refractivity contribution < 1.29 is 17.5 Å². The van der Waals surface area contributed by atoms with Gasteiger partial charge in [-0.3, -0.25) is 0 Å². The van der Waals surface area contributed by atoms with Gasteiger partial charge in [0.2, 0.25) is 0 Å². The topological polar surface area (TPSA) is 57.2 Å². The Bertz CT molecular complexity index is 742. The highest BCUT2D eigenvalue weighted by atomic mass is 32.2. The summed E-state index contributed by atoms with van der Waals surface area (Å²) < 4.78 is 32.2. The van der Waals surface area contributed by atoms with Gasteiger partial charge in [-0.15, -0.1) is 0 Å². The van der Waals surface area contributed by atoms with Crippen LogP contribution in [0.2, 0.25) is 0 Å². The SMILES string of the molecule is CCCCCCCC[N+](CCCCCCCC)(CCCCCCCC)CCCCCCCC.O=S(=O)([O-])Cc1ccccc1. The van der Waals surface area contributed by atoms with E-state index in [0.29, 0.717) is 5.56 Å². The lowest BCUT2D eigenvalue weighted by molar-refractivity contribution is -0.929. The maximum Gasteiger partial charge on any atom is 0.0988 e. The molecule has 0 aliphatic heterocycles. The van der Waals surface area contributed by atoms with E-state index in [0.717, 1.165) is 0 Å². The molecule has 44 heavy (non-hydrogen) atoms. The molecule has 0 N–H and O–H groups in total. The van der Waals surface area contributed by atoms with Crippen LogP contribution < -0.4 is 0 Å². The first kappa shape index (κ1) is 43.1. The fraction of sp³-hybridized carbons (Fsp3) is 0.846. The lowest BCUT2D eigenvalue weighted by Crippen LogP contribution is -2.50. The number of unbranched alkanes of at least 4 members (excludes halogenated alkanes) is 20. The van der Waals surface area contributed by atoms with Gasteiger partial charge in [0, 0.05) is 0 Å². The summed E-state index contributed by atoms with van der Waals surface area (Å²) in [5, 5.41) is 0. The Labute approximate surface area is 276 Å². The molecule has 4 nitrogen and oxygen atoms in total. The molecule has 0 saturated heterocycles. The van der Waals surface area contributed by atoms with Gasteiger partial charge in [0.25, 0.3) is 0 Å². The second-order valence-corrected chi connectivity index (χ2v) is 14.9. The zero-order chi connectivity index (χ0) is 32.6. The van der Waals surface area contributed by atoms with Gasteiger partial charge >= 0.3 is 0 Å². The Morgan fingerprint density at radius 3 is 1.00 bits per heavy atom. The average Bonchev–Trinajstić information content (AvgIpc) is 3.00. The summed E-state index contributed by atoms with van der Waals surface area (Å²) in [6.07, 6.45) is 34.8. The predicted molar refractivity (Wildman–Crippen MR) is 193 cm³/mol. The monoisotopic (exact) mass is 638 g/mol. The molecule has 1 rings (SSSR count). The maximum absolute atomic E-state index is 10.2. The Hall–Kier alpha value is -0.910. The van der Waals surface area contributed by atoms with Crippen molar-refractivity contribution in [3.8, 4) is 0 Å². The lowest BCUT2D eigenvalue weighted by Gasteiger charge is -2.40. The largest absolute Gasteiger partial charge is 0.748 e. The first-order chi connectivity index (χ1) is 21.3. The Morgan fingerprint density at radius 2 is 0.727 bits per heavy atom. The molecule has 0 radical (unpaired) electrons. The second kappa shape index (κ2) is 30.7. The van der Waals surface area contributed by atoms with E-state index in [9.17, 15) is 13.0 Å². The Kier molecular flexibility index (Phi) is 30.1. The summed E-state index contributed by atoms with van der Waals surface area (Å²) in [6, 6.07) is 8.37. The van der Waals surface area contributed by atoms with Crippen LogP contribution in [0.4, 0.5) is 0 Å². The minimum Gasteiger partial charge on any atom is -0.748 e. The van der Waals surface area contributed by atoms with E-state index in [2.05, 4.69) is 27.7 Å². The van der Waals surface area contributed by atoms with Gasteiger partial charge in [0.05, 0.1) is 42.1 Å². The summed E-state index contributed by atoms with van der Waals surface area (Å²) >= 11 is 0. The van der Waals surface area contributed by atoms with E-state index in [-0.39, 0.29) is 0 Å². The van der Waals surface area contributed by atoms with Crippen LogP contribution in [0.25, 0.3) is 0 Å². The highest BCUT2D eigenvalue weighted by Gasteiger charge is 2.25. The van der Waals surface area contributed by atoms with Crippen LogP contribution in [0.1, 0.15) is 187 Å². The van der Waals surface area contributed by atoms with Crippen molar-refractivity contribution in [3.63, 3.8) is 0 Å². The summed E-state index contributed by atoms with van der Waals surface area (Å²) in [4.78, 5) is 0. The molecule has 1 aromatic rings. The molecule has 0 heterocycles. The molecule has 0 aliphatic carbocycles. The quantitative estimate of drug-likeness (QED) is 0.0479. The zero-order valence-corrected chi connectivity index (χ0v) is 30.8. The summed E-state index contributed by atoms with van der Waals surface area (Å²) in [5.74, 6) is -0.423. The fourth-order valence-electron chi connectivity index (χ4n) is 6.36. The standard InChI is InChI=1S/C32H68N.C7H8O3S/c1-5-9-13-17-21-25-29-33(30-26-22-18-14-10-6-2,31-27-23-19-15-11-7-3)32-28-24-20-16-12-8-4;8-11(9,10)6-7-4-2-1-3-5-7/h5-32H2,1-4H3;1-5H,6H2,(H,8,9,10)/q+1;/p-1. The minimum atomic E-state index is -4.13. The van der Waals surface area contributed by atoms with E-state index in [1.54, 1.807) is 30.3 Å². The zero-order valence-electron chi connectivity index (χ0n) is 30.0. The van der Waals surface area contributed by atoms with Gasteiger partial charge in [-0.2, -0.15) is 0 Å². The van der Waals surface area contributed by atoms with Crippen molar-refractivity contribution >= 4 is 10.1 Å². The molecule has 0 fully saturated rings. The Morgan fingerprint density at radius 1 is 0.455 bits per heavy atom. The third kappa shape index (κ3) is 28.6. The number of hydrogen-bond acceptors (Lipinski definition) is 3. The molecule has 0 atom stereocenters. The maximum atomic E-state index is 10.2. The molecule has 0 bridgehead atoms. The van der Waals surface area contributed by atoms with Gasteiger partial charge < -0.3 is 9.04 Å². The van der Waals surface area contributed by atoms with Gasteiger partial charge in [-0.25, -0.2) is 8.42 Å². The first-order valence-electron chi connectivity index (χ1n) is 19.1. The molecule has 5 heteroatoms. The van der Waals surface area contributed by atoms with Gasteiger partial charge in [0.15, 0.2) is 0 Å². The minimum absolute atomic E-state index is 0.423. The van der Waals surface area contributed by atoms with Crippen molar-refractivity contribution in [2.45, 2.75) is 188 Å². The average molecular weight is 638 g/mol. The molecule has 1 aromatic carbocycles. The van der Waals surface area contributed by atoms with Crippen LogP contribution in [-0.2, 0) is 15.9 Å². The molecule has 260 valence electrons. The normalized spacial score (nSPS) is 11.8. The van der Waals surface area contributed by atoms with Crippen LogP contribution in [0.15, 0.2) is 30.3 Å².